The number of ether oxygens (including phenoxy) is 2. The Labute approximate surface area is 241 Å². The van der Waals surface area contributed by atoms with Gasteiger partial charge in [-0.1, -0.05) is 23.7 Å². The quantitative estimate of drug-likeness (QED) is 0.209. The topological polar surface area (TPSA) is 72.7 Å². The summed E-state index contributed by atoms with van der Waals surface area (Å²) in [6.45, 7) is 3.87. The van der Waals surface area contributed by atoms with Crippen molar-refractivity contribution in [3.63, 3.8) is 0 Å². The minimum atomic E-state index is -0.302. The van der Waals surface area contributed by atoms with E-state index in [2.05, 4.69) is 20.2 Å². The first-order chi connectivity index (χ1) is 20.0. The minimum absolute atomic E-state index is 0.0810. The van der Waals surface area contributed by atoms with Gasteiger partial charge in [-0.05, 0) is 72.6 Å². The Hall–Kier alpha value is -3.98. The zero-order valence-electron chi connectivity index (χ0n) is 22.3. The zero-order valence-corrected chi connectivity index (χ0v) is 23.0. The smallest absolute Gasteiger partial charge is 0.141 e. The van der Waals surface area contributed by atoms with Crippen molar-refractivity contribution >= 4 is 34.0 Å². The summed E-state index contributed by atoms with van der Waals surface area (Å²) in [5.74, 6) is 2.59. The summed E-state index contributed by atoms with van der Waals surface area (Å²) in [6, 6.07) is 21.8. The lowest BCUT2D eigenvalue weighted by atomic mass is 9.94. The number of halogens is 2. The van der Waals surface area contributed by atoms with E-state index in [0.717, 1.165) is 78.3 Å². The third-order valence-corrected chi connectivity index (χ3v) is 8.10. The Morgan fingerprint density at radius 1 is 1.02 bits per heavy atom. The van der Waals surface area contributed by atoms with Crippen molar-refractivity contribution in [2.75, 3.05) is 25.0 Å². The summed E-state index contributed by atoms with van der Waals surface area (Å²) >= 11 is 6.51. The fraction of sp³-hybridized carbons (Fsp3) is 0.250. The van der Waals surface area contributed by atoms with Crippen LogP contribution in [0.1, 0.15) is 24.2 Å². The van der Waals surface area contributed by atoms with Gasteiger partial charge < -0.3 is 19.2 Å². The molecule has 3 aromatic carbocycles. The first kappa shape index (κ1) is 26.0. The van der Waals surface area contributed by atoms with Crippen LogP contribution in [-0.4, -0.2) is 40.2 Å². The molecule has 5 aromatic rings. The molecule has 1 unspecified atom stereocenters. The molecular formula is C32H28ClFN4O3. The fourth-order valence-electron chi connectivity index (χ4n) is 5.54. The van der Waals surface area contributed by atoms with E-state index in [1.807, 2.05) is 36.4 Å². The number of aromatic nitrogens is 2. The van der Waals surface area contributed by atoms with Gasteiger partial charge in [-0.15, -0.1) is 0 Å². The van der Waals surface area contributed by atoms with Crippen LogP contribution in [0.2, 0.25) is 5.02 Å². The fourth-order valence-corrected chi connectivity index (χ4v) is 5.78. The molecule has 1 atom stereocenters. The summed E-state index contributed by atoms with van der Waals surface area (Å²) < 4.78 is 31.4. The lowest BCUT2D eigenvalue weighted by Crippen LogP contribution is -2.45. The van der Waals surface area contributed by atoms with E-state index in [1.54, 1.807) is 24.3 Å². The van der Waals surface area contributed by atoms with Crippen molar-refractivity contribution in [1.82, 2.24) is 14.9 Å². The minimum Gasteiger partial charge on any atom is -0.487 e. The van der Waals surface area contributed by atoms with Crippen molar-refractivity contribution in [1.29, 1.82) is 0 Å². The van der Waals surface area contributed by atoms with Crippen molar-refractivity contribution in [2.45, 2.75) is 31.6 Å². The third kappa shape index (κ3) is 5.51. The summed E-state index contributed by atoms with van der Waals surface area (Å²) in [5, 5.41) is 4.64. The van der Waals surface area contributed by atoms with E-state index in [-0.39, 0.29) is 18.0 Å². The van der Waals surface area contributed by atoms with Crippen LogP contribution < -0.4 is 10.1 Å². The largest absolute Gasteiger partial charge is 0.487 e. The monoisotopic (exact) mass is 570 g/mol. The Bertz CT molecular complexity index is 1720. The Morgan fingerprint density at radius 2 is 1.95 bits per heavy atom. The van der Waals surface area contributed by atoms with Crippen LogP contribution in [0.25, 0.3) is 22.2 Å². The Morgan fingerprint density at radius 3 is 2.76 bits per heavy atom. The number of nitrogens with one attached hydrogen (secondary N) is 1. The molecule has 2 aliphatic rings. The van der Waals surface area contributed by atoms with Gasteiger partial charge in [-0.25, -0.2) is 14.4 Å². The first-order valence-electron chi connectivity index (χ1n) is 13.7. The highest BCUT2D eigenvalue weighted by atomic mass is 35.5. The average molecular weight is 571 g/mol. The van der Waals surface area contributed by atoms with Crippen LogP contribution in [0.4, 0.5) is 15.9 Å². The van der Waals surface area contributed by atoms with Gasteiger partial charge in [0.15, 0.2) is 0 Å². The highest BCUT2D eigenvalue weighted by Gasteiger charge is 2.44. The number of benzene rings is 3. The number of hydrogen-bond donors (Lipinski definition) is 1. The number of furan rings is 1. The van der Waals surface area contributed by atoms with Gasteiger partial charge in [0.1, 0.15) is 41.8 Å². The highest BCUT2D eigenvalue weighted by Crippen LogP contribution is 2.37. The molecular weight excluding hydrogens is 543 g/mol. The van der Waals surface area contributed by atoms with Gasteiger partial charge >= 0.3 is 0 Å². The molecule has 0 bridgehead atoms. The van der Waals surface area contributed by atoms with Crippen LogP contribution in [0.3, 0.4) is 0 Å². The van der Waals surface area contributed by atoms with Crippen LogP contribution in [0.5, 0.6) is 5.75 Å². The molecule has 41 heavy (non-hydrogen) atoms. The van der Waals surface area contributed by atoms with Gasteiger partial charge in [0.2, 0.25) is 0 Å². The number of hydrogen-bond acceptors (Lipinski definition) is 7. The van der Waals surface area contributed by atoms with Gasteiger partial charge in [0, 0.05) is 36.1 Å². The number of fused-ring (bicyclic) bond motifs is 1. The summed E-state index contributed by atoms with van der Waals surface area (Å²) in [6.07, 6.45) is 3.78. The zero-order chi connectivity index (χ0) is 27.8. The predicted molar refractivity (Wildman–Crippen MR) is 156 cm³/mol. The van der Waals surface area contributed by atoms with Crippen LogP contribution in [0.15, 0.2) is 83.5 Å². The van der Waals surface area contributed by atoms with Gasteiger partial charge in [-0.2, -0.15) is 0 Å². The van der Waals surface area contributed by atoms with Crippen molar-refractivity contribution in [3.05, 3.63) is 101 Å². The second-order valence-corrected chi connectivity index (χ2v) is 11.1. The normalized spacial score (nSPS) is 18.6. The SMILES string of the molecule is Fc1cccc(COc2ccc(Nc3ncnc4ccc(-c5ccc(CN6CCC7(CCO7)C6)o5)cc34)cc2Cl)c1. The summed E-state index contributed by atoms with van der Waals surface area (Å²) in [5.41, 5.74) is 3.31. The summed E-state index contributed by atoms with van der Waals surface area (Å²) in [7, 11) is 0. The van der Waals surface area contributed by atoms with Crippen LogP contribution in [0, 0.1) is 5.82 Å². The molecule has 0 radical (unpaired) electrons. The van der Waals surface area contributed by atoms with E-state index < -0.39 is 0 Å². The van der Waals surface area contributed by atoms with E-state index in [9.17, 15) is 4.39 Å². The lowest BCUT2D eigenvalue weighted by molar-refractivity contribution is -0.137. The molecule has 1 spiro atoms. The lowest BCUT2D eigenvalue weighted by Gasteiger charge is -2.38. The molecule has 7 rings (SSSR count). The first-order valence-corrected chi connectivity index (χ1v) is 14.0. The molecule has 0 amide bonds. The molecule has 9 heteroatoms. The molecule has 208 valence electrons. The molecule has 0 aliphatic carbocycles. The number of nitrogens with zero attached hydrogens (tertiary/aromatic N) is 3. The van der Waals surface area contributed by atoms with E-state index >= 15 is 0 Å². The predicted octanol–water partition coefficient (Wildman–Crippen LogP) is 7.37. The molecule has 2 saturated heterocycles. The summed E-state index contributed by atoms with van der Waals surface area (Å²) in [4.78, 5) is 11.3. The van der Waals surface area contributed by atoms with Crippen molar-refractivity contribution < 1.29 is 18.3 Å². The maximum absolute atomic E-state index is 13.5. The molecule has 7 nitrogen and oxygen atoms in total. The molecule has 2 aromatic heterocycles. The van der Waals surface area contributed by atoms with Crippen LogP contribution in [-0.2, 0) is 17.9 Å². The molecule has 2 fully saturated rings. The van der Waals surface area contributed by atoms with E-state index in [1.165, 1.54) is 18.5 Å². The standard InChI is InChI=1S/C32H28ClFN4O3/c33-27-16-24(5-8-30(27)39-18-21-2-1-3-23(34)14-21)37-31-26-15-22(4-7-28(26)35-20-36-31)29-9-6-25(41-29)17-38-12-10-32(19-38)11-13-40-32/h1-9,14-16,20H,10-13,17-19H2,(H,35,36,37). The Kier molecular flexibility index (Phi) is 6.82. The second-order valence-electron chi connectivity index (χ2n) is 10.7. The molecule has 2 aliphatic heterocycles. The maximum atomic E-state index is 13.5. The number of likely N-dealkylation sites (tertiary alicyclic amines) is 1. The number of rotatable bonds is 8. The maximum Gasteiger partial charge on any atom is 0.141 e. The van der Waals surface area contributed by atoms with E-state index in [4.69, 9.17) is 25.5 Å². The third-order valence-electron chi connectivity index (χ3n) is 7.80. The second kappa shape index (κ2) is 10.8. The van der Waals surface area contributed by atoms with Gasteiger partial charge in [0.05, 0.1) is 29.3 Å². The molecule has 1 N–H and O–H groups in total. The number of anilines is 2. The average Bonchev–Trinajstić information content (AvgIpc) is 3.61. The van der Waals surface area contributed by atoms with Crippen LogP contribution >= 0.6 is 11.6 Å². The molecule has 0 saturated carbocycles. The van der Waals surface area contributed by atoms with Gasteiger partial charge in [0.25, 0.3) is 0 Å². The highest BCUT2D eigenvalue weighted by molar-refractivity contribution is 6.32. The van der Waals surface area contributed by atoms with E-state index in [0.29, 0.717) is 16.6 Å². The van der Waals surface area contributed by atoms with Crippen molar-refractivity contribution in [2.24, 2.45) is 0 Å². The van der Waals surface area contributed by atoms with Gasteiger partial charge in [-0.3, -0.25) is 4.90 Å². The Balaban J connectivity index is 1.06. The molecule has 4 heterocycles. The van der Waals surface area contributed by atoms with Crippen molar-refractivity contribution in [3.8, 4) is 17.1 Å².